The molecule has 2 atom stereocenters. The Hall–Kier alpha value is -2.18. The zero-order chi connectivity index (χ0) is 13.2. The lowest BCUT2D eigenvalue weighted by Gasteiger charge is -2.08. The third-order valence-electron chi connectivity index (χ3n) is 3.71. The number of aromatic nitrogens is 1. The SMILES string of the molecule is N#CC(O)C1Cc2ccc(-c3ccccn3)cc2C1. The third-order valence-corrected chi connectivity index (χ3v) is 3.71. The van der Waals surface area contributed by atoms with Gasteiger partial charge in [0.1, 0.15) is 6.10 Å². The van der Waals surface area contributed by atoms with Crippen molar-refractivity contribution >= 4 is 0 Å². The van der Waals surface area contributed by atoms with Gasteiger partial charge in [0, 0.05) is 17.7 Å². The molecular formula is C16H14N2O. The van der Waals surface area contributed by atoms with Crippen molar-refractivity contribution in [3.63, 3.8) is 0 Å². The molecule has 1 aliphatic rings. The quantitative estimate of drug-likeness (QED) is 0.832. The predicted octanol–water partition coefficient (Wildman–Crippen LogP) is 2.35. The minimum Gasteiger partial charge on any atom is -0.378 e. The van der Waals surface area contributed by atoms with Gasteiger partial charge in [0.05, 0.1) is 11.8 Å². The summed E-state index contributed by atoms with van der Waals surface area (Å²) in [7, 11) is 0. The van der Waals surface area contributed by atoms with Crippen LogP contribution in [-0.2, 0) is 12.8 Å². The fraction of sp³-hybridized carbons (Fsp3) is 0.250. The van der Waals surface area contributed by atoms with E-state index in [1.165, 1.54) is 11.1 Å². The molecule has 2 unspecified atom stereocenters. The smallest absolute Gasteiger partial charge is 0.143 e. The standard InChI is InChI=1S/C16H14N2O/c17-10-16(19)14-7-11-4-5-12(8-13(11)9-14)15-3-1-2-6-18-15/h1-6,8,14,16,19H,7,9H2. The first-order chi connectivity index (χ1) is 9.28. The van der Waals surface area contributed by atoms with Crippen molar-refractivity contribution in [1.82, 2.24) is 4.98 Å². The first-order valence-corrected chi connectivity index (χ1v) is 6.39. The lowest BCUT2D eigenvalue weighted by atomic mass is 10.0. The number of pyridine rings is 1. The molecule has 3 rings (SSSR count). The van der Waals surface area contributed by atoms with Crippen LogP contribution < -0.4 is 0 Å². The van der Waals surface area contributed by atoms with Crippen LogP contribution in [0.3, 0.4) is 0 Å². The first-order valence-electron chi connectivity index (χ1n) is 6.39. The van der Waals surface area contributed by atoms with Gasteiger partial charge in [0.25, 0.3) is 0 Å². The van der Waals surface area contributed by atoms with Crippen molar-refractivity contribution in [2.45, 2.75) is 18.9 Å². The monoisotopic (exact) mass is 250 g/mol. The van der Waals surface area contributed by atoms with E-state index in [9.17, 15) is 5.11 Å². The minimum absolute atomic E-state index is 0.0268. The summed E-state index contributed by atoms with van der Waals surface area (Å²) in [5.41, 5.74) is 4.50. The van der Waals surface area contributed by atoms with Crippen LogP contribution in [0.2, 0.25) is 0 Å². The zero-order valence-electron chi connectivity index (χ0n) is 10.5. The van der Waals surface area contributed by atoms with Gasteiger partial charge in [-0.15, -0.1) is 0 Å². The van der Waals surface area contributed by atoms with Crippen molar-refractivity contribution < 1.29 is 5.11 Å². The molecule has 1 N–H and O–H groups in total. The molecule has 1 aliphatic carbocycles. The fourth-order valence-electron chi connectivity index (χ4n) is 2.67. The van der Waals surface area contributed by atoms with Crippen molar-refractivity contribution in [2.75, 3.05) is 0 Å². The number of benzene rings is 1. The van der Waals surface area contributed by atoms with Crippen LogP contribution in [-0.4, -0.2) is 16.2 Å². The van der Waals surface area contributed by atoms with E-state index in [1.54, 1.807) is 6.20 Å². The van der Waals surface area contributed by atoms with Gasteiger partial charge < -0.3 is 5.11 Å². The highest BCUT2D eigenvalue weighted by Gasteiger charge is 2.27. The van der Waals surface area contributed by atoms with E-state index in [4.69, 9.17) is 5.26 Å². The van der Waals surface area contributed by atoms with Crippen molar-refractivity contribution in [1.29, 1.82) is 5.26 Å². The van der Waals surface area contributed by atoms with Gasteiger partial charge in [-0.25, -0.2) is 0 Å². The molecule has 19 heavy (non-hydrogen) atoms. The van der Waals surface area contributed by atoms with Gasteiger partial charge in [0.15, 0.2) is 0 Å². The molecule has 0 aliphatic heterocycles. The zero-order valence-corrected chi connectivity index (χ0v) is 10.5. The number of nitrogens with zero attached hydrogens (tertiary/aromatic N) is 2. The highest BCUT2D eigenvalue weighted by molar-refractivity contribution is 5.61. The molecule has 1 heterocycles. The number of hydrogen-bond acceptors (Lipinski definition) is 3. The average molecular weight is 250 g/mol. The second-order valence-electron chi connectivity index (χ2n) is 4.94. The molecule has 0 spiro atoms. The molecule has 1 aromatic heterocycles. The Balaban J connectivity index is 1.90. The molecule has 0 amide bonds. The van der Waals surface area contributed by atoms with Gasteiger partial charge >= 0.3 is 0 Å². The van der Waals surface area contributed by atoms with Crippen LogP contribution in [0.15, 0.2) is 42.6 Å². The molecule has 1 aromatic carbocycles. The largest absolute Gasteiger partial charge is 0.378 e. The normalized spacial score (nSPS) is 18.6. The van der Waals surface area contributed by atoms with Crippen LogP contribution in [0.25, 0.3) is 11.3 Å². The van der Waals surface area contributed by atoms with Crippen LogP contribution >= 0.6 is 0 Å². The van der Waals surface area contributed by atoms with E-state index >= 15 is 0 Å². The molecule has 3 nitrogen and oxygen atoms in total. The van der Waals surface area contributed by atoms with Crippen molar-refractivity contribution in [3.05, 3.63) is 53.7 Å². The topological polar surface area (TPSA) is 56.9 Å². The fourth-order valence-corrected chi connectivity index (χ4v) is 2.67. The number of hydrogen-bond donors (Lipinski definition) is 1. The number of nitriles is 1. The Labute approximate surface area is 112 Å². The van der Waals surface area contributed by atoms with Crippen molar-refractivity contribution in [3.8, 4) is 17.3 Å². The number of rotatable bonds is 2. The highest BCUT2D eigenvalue weighted by atomic mass is 16.3. The Morgan fingerprint density at radius 1 is 1.21 bits per heavy atom. The Bertz CT molecular complexity index is 631. The number of aliphatic hydroxyl groups excluding tert-OH is 1. The van der Waals surface area contributed by atoms with Gasteiger partial charge in [0.2, 0.25) is 0 Å². The number of aliphatic hydroxyl groups is 1. The molecule has 0 saturated heterocycles. The summed E-state index contributed by atoms with van der Waals surface area (Å²) in [4.78, 5) is 4.34. The van der Waals surface area contributed by atoms with Crippen LogP contribution in [0.5, 0.6) is 0 Å². The summed E-state index contributed by atoms with van der Waals surface area (Å²) in [6.07, 6.45) is 2.47. The number of fused-ring (bicyclic) bond motifs is 1. The van der Waals surface area contributed by atoms with E-state index in [-0.39, 0.29) is 5.92 Å². The summed E-state index contributed by atoms with van der Waals surface area (Å²) >= 11 is 0. The van der Waals surface area contributed by atoms with Gasteiger partial charge in [-0.2, -0.15) is 5.26 Å². The van der Waals surface area contributed by atoms with Crippen LogP contribution in [0, 0.1) is 17.2 Å². The maximum atomic E-state index is 9.64. The van der Waals surface area contributed by atoms with E-state index < -0.39 is 6.10 Å². The van der Waals surface area contributed by atoms with E-state index in [0.29, 0.717) is 0 Å². The molecule has 2 aromatic rings. The van der Waals surface area contributed by atoms with Crippen molar-refractivity contribution in [2.24, 2.45) is 5.92 Å². The molecule has 0 fully saturated rings. The molecule has 94 valence electrons. The van der Waals surface area contributed by atoms with E-state index in [0.717, 1.165) is 24.1 Å². The minimum atomic E-state index is -0.870. The summed E-state index contributed by atoms with van der Waals surface area (Å²) < 4.78 is 0. The second-order valence-corrected chi connectivity index (χ2v) is 4.94. The van der Waals surface area contributed by atoms with E-state index in [1.807, 2.05) is 24.3 Å². The third kappa shape index (κ3) is 2.23. The van der Waals surface area contributed by atoms with Gasteiger partial charge in [-0.05, 0) is 42.2 Å². The van der Waals surface area contributed by atoms with E-state index in [2.05, 4.69) is 23.2 Å². The lowest BCUT2D eigenvalue weighted by Crippen LogP contribution is -2.18. The van der Waals surface area contributed by atoms with Crippen LogP contribution in [0.4, 0.5) is 0 Å². The van der Waals surface area contributed by atoms with Gasteiger partial charge in [-0.3, -0.25) is 4.98 Å². The highest BCUT2D eigenvalue weighted by Crippen LogP contribution is 2.31. The molecule has 0 bridgehead atoms. The van der Waals surface area contributed by atoms with Gasteiger partial charge in [-0.1, -0.05) is 18.2 Å². The second kappa shape index (κ2) is 4.83. The first kappa shape index (κ1) is 11.9. The molecule has 0 radical (unpaired) electrons. The maximum absolute atomic E-state index is 9.64. The Morgan fingerprint density at radius 3 is 2.79 bits per heavy atom. The predicted molar refractivity (Wildman–Crippen MR) is 72.2 cm³/mol. The summed E-state index contributed by atoms with van der Waals surface area (Å²) in [6.45, 7) is 0. The maximum Gasteiger partial charge on any atom is 0.143 e. The summed E-state index contributed by atoms with van der Waals surface area (Å²) in [6, 6.07) is 14.1. The Morgan fingerprint density at radius 2 is 2.05 bits per heavy atom. The average Bonchev–Trinajstić information content (AvgIpc) is 2.90. The summed E-state index contributed by atoms with van der Waals surface area (Å²) in [5, 5.41) is 18.4. The summed E-state index contributed by atoms with van der Waals surface area (Å²) in [5.74, 6) is 0.0268. The molecule has 0 saturated carbocycles. The van der Waals surface area contributed by atoms with Crippen LogP contribution in [0.1, 0.15) is 11.1 Å². The Kier molecular flexibility index (Phi) is 3.02. The lowest BCUT2D eigenvalue weighted by molar-refractivity contribution is 0.164. The molecular weight excluding hydrogens is 236 g/mol. The molecule has 3 heteroatoms.